The van der Waals surface area contributed by atoms with Gasteiger partial charge in [0.25, 0.3) is 5.88 Å². The molecule has 1 aromatic heterocycles. The summed E-state index contributed by atoms with van der Waals surface area (Å²) in [5.41, 5.74) is 0. The largest absolute Gasteiger partial charge is 0.483 e. The van der Waals surface area contributed by atoms with Crippen LogP contribution >= 0.6 is 15.9 Å². The topological polar surface area (TPSA) is 44.2 Å². The van der Waals surface area contributed by atoms with Gasteiger partial charge in [0.05, 0.1) is 6.20 Å². The maximum absolute atomic E-state index is 5.41. The predicted octanol–water partition coefficient (Wildman–Crippen LogP) is 1.40. The first-order valence-corrected chi connectivity index (χ1v) is 4.37. The second kappa shape index (κ2) is 2.90. The maximum atomic E-state index is 5.41. The molecule has 0 saturated carbocycles. The summed E-state index contributed by atoms with van der Waals surface area (Å²) >= 11 is 3.15. The SMILES string of the molecule is C[C@H]1COc2cnc(Br)nc2O1. The molecule has 0 unspecified atom stereocenters. The molecule has 1 aromatic rings. The van der Waals surface area contributed by atoms with Crippen LogP contribution in [0.25, 0.3) is 0 Å². The Labute approximate surface area is 78.1 Å². The summed E-state index contributed by atoms with van der Waals surface area (Å²) in [4.78, 5) is 7.94. The molecular weight excluding hydrogens is 224 g/mol. The summed E-state index contributed by atoms with van der Waals surface area (Å²) < 4.78 is 11.2. The van der Waals surface area contributed by atoms with Gasteiger partial charge in [-0.2, -0.15) is 4.98 Å². The molecule has 64 valence electrons. The second-order valence-electron chi connectivity index (χ2n) is 2.55. The molecule has 0 aromatic carbocycles. The van der Waals surface area contributed by atoms with Gasteiger partial charge >= 0.3 is 0 Å². The third-order valence-corrected chi connectivity index (χ3v) is 1.86. The van der Waals surface area contributed by atoms with Crippen molar-refractivity contribution in [3.05, 3.63) is 10.9 Å². The van der Waals surface area contributed by atoms with Crippen LogP contribution in [0.2, 0.25) is 0 Å². The van der Waals surface area contributed by atoms with Crippen LogP contribution in [0, 0.1) is 0 Å². The lowest BCUT2D eigenvalue weighted by atomic mass is 10.4. The molecule has 0 saturated heterocycles. The van der Waals surface area contributed by atoms with Crippen LogP contribution in [-0.4, -0.2) is 22.7 Å². The highest BCUT2D eigenvalue weighted by Crippen LogP contribution is 2.29. The molecule has 12 heavy (non-hydrogen) atoms. The maximum Gasteiger partial charge on any atom is 0.261 e. The molecule has 5 heteroatoms. The highest BCUT2D eigenvalue weighted by atomic mass is 79.9. The fourth-order valence-corrected chi connectivity index (χ4v) is 1.21. The summed E-state index contributed by atoms with van der Waals surface area (Å²) in [5.74, 6) is 1.12. The van der Waals surface area contributed by atoms with E-state index in [1.54, 1.807) is 6.20 Å². The number of nitrogens with zero attached hydrogens (tertiary/aromatic N) is 2. The molecule has 0 spiro atoms. The van der Waals surface area contributed by atoms with Gasteiger partial charge in [-0.25, -0.2) is 4.98 Å². The van der Waals surface area contributed by atoms with E-state index in [1.165, 1.54) is 0 Å². The Kier molecular flexibility index (Phi) is 1.88. The van der Waals surface area contributed by atoms with Crippen molar-refractivity contribution in [1.82, 2.24) is 9.97 Å². The molecule has 2 heterocycles. The van der Waals surface area contributed by atoms with Gasteiger partial charge in [0, 0.05) is 0 Å². The molecule has 1 aliphatic heterocycles. The quantitative estimate of drug-likeness (QED) is 0.633. The van der Waals surface area contributed by atoms with E-state index < -0.39 is 0 Å². The van der Waals surface area contributed by atoms with Crippen LogP contribution in [0.4, 0.5) is 0 Å². The van der Waals surface area contributed by atoms with Gasteiger partial charge in [0.15, 0.2) is 10.5 Å². The first-order chi connectivity index (χ1) is 5.75. The molecule has 0 aliphatic carbocycles. The lowest BCUT2D eigenvalue weighted by Gasteiger charge is -2.21. The highest BCUT2D eigenvalue weighted by Gasteiger charge is 2.18. The lowest BCUT2D eigenvalue weighted by molar-refractivity contribution is 0.0966. The number of halogens is 1. The number of hydrogen-bond acceptors (Lipinski definition) is 4. The van der Waals surface area contributed by atoms with E-state index in [9.17, 15) is 0 Å². The zero-order valence-corrected chi connectivity index (χ0v) is 8.04. The third-order valence-electron chi connectivity index (χ3n) is 1.48. The number of hydrogen-bond donors (Lipinski definition) is 0. The third kappa shape index (κ3) is 1.36. The van der Waals surface area contributed by atoms with E-state index in [1.807, 2.05) is 6.92 Å². The Morgan fingerprint density at radius 1 is 1.67 bits per heavy atom. The number of fused-ring (bicyclic) bond motifs is 1. The molecule has 4 nitrogen and oxygen atoms in total. The summed E-state index contributed by atoms with van der Waals surface area (Å²) in [7, 11) is 0. The van der Waals surface area contributed by atoms with Gasteiger partial charge in [-0.05, 0) is 22.9 Å². The minimum atomic E-state index is 0.0549. The van der Waals surface area contributed by atoms with E-state index in [2.05, 4.69) is 25.9 Å². The molecule has 0 bridgehead atoms. The number of aromatic nitrogens is 2. The van der Waals surface area contributed by atoms with Crippen LogP contribution in [0.1, 0.15) is 6.92 Å². The van der Waals surface area contributed by atoms with Gasteiger partial charge in [-0.1, -0.05) is 0 Å². The zero-order valence-electron chi connectivity index (χ0n) is 6.45. The summed E-state index contributed by atoms with van der Waals surface area (Å²) in [5, 5.41) is 0. The van der Waals surface area contributed by atoms with Crippen molar-refractivity contribution in [3.63, 3.8) is 0 Å². The Hall–Kier alpha value is -0.840. The van der Waals surface area contributed by atoms with E-state index >= 15 is 0 Å². The van der Waals surface area contributed by atoms with Crippen LogP contribution in [0.5, 0.6) is 11.6 Å². The van der Waals surface area contributed by atoms with Gasteiger partial charge in [0.1, 0.15) is 12.7 Å². The van der Waals surface area contributed by atoms with Crippen molar-refractivity contribution in [2.45, 2.75) is 13.0 Å². The Morgan fingerprint density at radius 2 is 2.50 bits per heavy atom. The summed E-state index contributed by atoms with van der Waals surface area (Å²) in [6.07, 6.45) is 1.65. The number of rotatable bonds is 0. The normalized spacial score (nSPS) is 20.7. The fourth-order valence-electron chi connectivity index (χ4n) is 0.950. The minimum absolute atomic E-state index is 0.0549. The van der Waals surface area contributed by atoms with Crippen molar-refractivity contribution < 1.29 is 9.47 Å². The monoisotopic (exact) mass is 230 g/mol. The van der Waals surface area contributed by atoms with Crippen LogP contribution in [0.15, 0.2) is 10.9 Å². The summed E-state index contributed by atoms with van der Waals surface area (Å²) in [6, 6.07) is 0. The predicted molar refractivity (Wildman–Crippen MR) is 45.3 cm³/mol. The molecule has 1 aliphatic rings. The molecule has 0 fully saturated rings. The van der Waals surface area contributed by atoms with Crippen LogP contribution in [-0.2, 0) is 0 Å². The number of ether oxygens (including phenoxy) is 2. The molecule has 0 radical (unpaired) electrons. The summed E-state index contributed by atoms with van der Waals surface area (Å²) in [6.45, 7) is 2.48. The van der Waals surface area contributed by atoms with E-state index in [4.69, 9.17) is 9.47 Å². The molecule has 0 N–H and O–H groups in total. The molecule has 2 rings (SSSR count). The zero-order chi connectivity index (χ0) is 8.55. The highest BCUT2D eigenvalue weighted by molar-refractivity contribution is 9.10. The Bertz CT molecular complexity index is 305. The van der Waals surface area contributed by atoms with Crippen molar-refractivity contribution >= 4 is 15.9 Å². The first-order valence-electron chi connectivity index (χ1n) is 3.57. The lowest BCUT2D eigenvalue weighted by Crippen LogP contribution is -2.26. The Balaban J connectivity index is 2.37. The average molecular weight is 231 g/mol. The average Bonchev–Trinajstić information content (AvgIpc) is 2.03. The van der Waals surface area contributed by atoms with Gasteiger partial charge in [-0.3, -0.25) is 0 Å². The van der Waals surface area contributed by atoms with Crippen molar-refractivity contribution in [2.75, 3.05) is 6.61 Å². The van der Waals surface area contributed by atoms with E-state index in [-0.39, 0.29) is 6.10 Å². The minimum Gasteiger partial charge on any atom is -0.483 e. The molecule has 0 amide bonds. The molecular formula is C7H7BrN2O2. The fraction of sp³-hybridized carbons (Fsp3) is 0.429. The van der Waals surface area contributed by atoms with Crippen LogP contribution < -0.4 is 9.47 Å². The van der Waals surface area contributed by atoms with Gasteiger partial charge in [-0.15, -0.1) is 0 Å². The molecule has 1 atom stereocenters. The smallest absolute Gasteiger partial charge is 0.261 e. The van der Waals surface area contributed by atoms with Gasteiger partial charge in [0.2, 0.25) is 0 Å². The van der Waals surface area contributed by atoms with Crippen molar-refractivity contribution in [2.24, 2.45) is 0 Å². The van der Waals surface area contributed by atoms with Gasteiger partial charge < -0.3 is 9.47 Å². The first kappa shape index (κ1) is 7.79. The van der Waals surface area contributed by atoms with Crippen molar-refractivity contribution in [1.29, 1.82) is 0 Å². The van der Waals surface area contributed by atoms with Crippen LogP contribution in [0.3, 0.4) is 0 Å². The Morgan fingerprint density at radius 3 is 3.33 bits per heavy atom. The van der Waals surface area contributed by atoms with Crippen molar-refractivity contribution in [3.8, 4) is 11.6 Å². The second-order valence-corrected chi connectivity index (χ2v) is 3.26. The standard InChI is InChI=1S/C7H7BrN2O2/c1-4-3-11-5-2-9-7(8)10-6(5)12-4/h2,4H,3H2,1H3/t4-/m0/s1. The van der Waals surface area contributed by atoms with E-state index in [0.29, 0.717) is 23.0 Å². The van der Waals surface area contributed by atoms with E-state index in [0.717, 1.165) is 0 Å².